The molecule has 130 valence electrons. The molecule has 1 atom stereocenters. The fourth-order valence-corrected chi connectivity index (χ4v) is 4.21. The molecule has 0 bridgehead atoms. The van der Waals surface area contributed by atoms with E-state index in [0.717, 1.165) is 43.6 Å². The van der Waals surface area contributed by atoms with Gasteiger partial charge in [0.1, 0.15) is 0 Å². The van der Waals surface area contributed by atoms with Gasteiger partial charge in [0.05, 0.1) is 0 Å². The van der Waals surface area contributed by atoms with Crippen LogP contribution in [0, 0.1) is 0 Å². The molecule has 2 aromatic carbocycles. The molecule has 3 nitrogen and oxygen atoms in total. The Morgan fingerprint density at radius 3 is 2.28 bits per heavy atom. The van der Waals surface area contributed by atoms with Crippen LogP contribution >= 0.6 is 11.8 Å². The van der Waals surface area contributed by atoms with Crippen molar-refractivity contribution in [2.45, 2.75) is 24.5 Å². The average Bonchev–Trinajstić information content (AvgIpc) is 3.10. The van der Waals surface area contributed by atoms with Gasteiger partial charge < -0.3 is 4.90 Å². The highest BCUT2D eigenvalue weighted by Crippen LogP contribution is 2.26. The van der Waals surface area contributed by atoms with Crippen LogP contribution in [0.3, 0.4) is 0 Å². The summed E-state index contributed by atoms with van der Waals surface area (Å²) in [4.78, 5) is 26.8. The van der Waals surface area contributed by atoms with Crippen LogP contribution in [0.1, 0.15) is 40.0 Å². The van der Waals surface area contributed by atoms with Crippen LogP contribution in [-0.2, 0) is 0 Å². The van der Waals surface area contributed by atoms with Crippen LogP contribution in [0.4, 0.5) is 0 Å². The monoisotopic (exact) mass is 353 g/mol. The molecule has 4 heteroatoms. The zero-order valence-corrected chi connectivity index (χ0v) is 15.1. The van der Waals surface area contributed by atoms with E-state index in [2.05, 4.69) is 4.90 Å². The molecule has 0 spiro atoms. The smallest absolute Gasteiger partial charge is 0.219 e. The summed E-state index contributed by atoms with van der Waals surface area (Å²) >= 11 is 1.45. The summed E-state index contributed by atoms with van der Waals surface area (Å²) in [6.07, 6.45) is 2.49. The molecule has 0 aromatic heterocycles. The van der Waals surface area contributed by atoms with E-state index in [-0.39, 0.29) is 10.9 Å². The lowest BCUT2D eigenvalue weighted by atomic mass is 10.1. The molecule has 1 aliphatic heterocycles. The van der Waals surface area contributed by atoms with Crippen molar-refractivity contribution in [3.8, 4) is 0 Å². The number of benzene rings is 2. The Hall–Kier alpha value is -1.91. The summed E-state index contributed by atoms with van der Waals surface area (Å²) in [6, 6.07) is 19.0. The number of nitrogens with zero attached hydrogens (tertiary/aromatic N) is 1. The number of rotatable bonds is 7. The maximum Gasteiger partial charge on any atom is 0.219 e. The summed E-state index contributed by atoms with van der Waals surface area (Å²) in [5.41, 5.74) is 1.57. The number of carbonyl (C=O) groups is 2. The summed E-state index contributed by atoms with van der Waals surface area (Å²) in [6.45, 7) is 2.87. The van der Waals surface area contributed by atoms with Crippen molar-refractivity contribution in [3.63, 3.8) is 0 Å². The standard InChI is InChI=1S/C21H23NO2S/c23-20(17-8-3-1-4-9-17)12-7-14-22-15-13-19(16-22)25-21(24)18-10-5-2-6-11-18/h1-6,8-11,19H,7,12-16H2. The van der Waals surface area contributed by atoms with Crippen molar-refractivity contribution < 1.29 is 9.59 Å². The van der Waals surface area contributed by atoms with Gasteiger partial charge in [-0.2, -0.15) is 0 Å². The maximum absolute atomic E-state index is 12.3. The molecule has 25 heavy (non-hydrogen) atoms. The topological polar surface area (TPSA) is 37.4 Å². The number of thioether (sulfide) groups is 1. The predicted octanol–water partition coefficient (Wildman–Crippen LogP) is 4.30. The maximum atomic E-state index is 12.3. The first-order valence-corrected chi connectivity index (χ1v) is 9.67. The second-order valence-corrected chi connectivity index (χ2v) is 7.65. The third-order valence-corrected chi connectivity index (χ3v) is 5.65. The van der Waals surface area contributed by atoms with Crippen molar-refractivity contribution in [3.05, 3.63) is 71.8 Å². The molecular formula is C21H23NO2S. The molecule has 1 saturated heterocycles. The van der Waals surface area contributed by atoms with Crippen molar-refractivity contribution in [1.29, 1.82) is 0 Å². The van der Waals surface area contributed by atoms with Gasteiger partial charge in [-0.25, -0.2) is 0 Å². The second-order valence-electron chi connectivity index (χ2n) is 6.38. The van der Waals surface area contributed by atoms with Crippen molar-refractivity contribution in [2.24, 2.45) is 0 Å². The molecule has 0 N–H and O–H groups in total. The summed E-state index contributed by atoms with van der Waals surface area (Å²) < 4.78 is 0. The molecule has 1 heterocycles. The molecule has 1 fully saturated rings. The molecule has 1 unspecified atom stereocenters. The van der Waals surface area contributed by atoms with Crippen LogP contribution < -0.4 is 0 Å². The molecule has 3 rings (SSSR count). The van der Waals surface area contributed by atoms with Crippen LogP contribution in [0.25, 0.3) is 0 Å². The van der Waals surface area contributed by atoms with E-state index in [0.29, 0.717) is 11.7 Å². The second kappa shape index (κ2) is 8.97. The first-order chi connectivity index (χ1) is 12.2. The molecule has 1 aliphatic rings. The summed E-state index contributed by atoms with van der Waals surface area (Å²) in [7, 11) is 0. The Labute approximate surface area is 153 Å². The van der Waals surface area contributed by atoms with Crippen LogP contribution in [0.2, 0.25) is 0 Å². The first-order valence-electron chi connectivity index (χ1n) is 8.79. The lowest BCUT2D eigenvalue weighted by Gasteiger charge is -2.15. The highest BCUT2D eigenvalue weighted by molar-refractivity contribution is 8.14. The quantitative estimate of drug-likeness (QED) is 0.696. The Bertz CT molecular complexity index is 702. The zero-order valence-electron chi connectivity index (χ0n) is 14.3. The SMILES string of the molecule is O=C(CCCN1CCC(SC(=O)c2ccccc2)C1)c1ccccc1. The molecule has 0 aliphatic carbocycles. The molecule has 0 amide bonds. The third-order valence-electron chi connectivity index (χ3n) is 4.49. The van der Waals surface area contributed by atoms with Crippen LogP contribution in [0.5, 0.6) is 0 Å². The van der Waals surface area contributed by atoms with Gasteiger partial charge in [0.2, 0.25) is 5.12 Å². The number of hydrogen-bond donors (Lipinski definition) is 0. The number of carbonyl (C=O) groups excluding carboxylic acids is 2. The van der Waals surface area contributed by atoms with Gasteiger partial charge in [0, 0.05) is 29.3 Å². The highest BCUT2D eigenvalue weighted by atomic mass is 32.2. The minimum Gasteiger partial charge on any atom is -0.302 e. The van der Waals surface area contributed by atoms with Gasteiger partial charge in [0.25, 0.3) is 0 Å². The van der Waals surface area contributed by atoms with Gasteiger partial charge >= 0.3 is 0 Å². The molecule has 0 radical (unpaired) electrons. The van der Waals surface area contributed by atoms with E-state index in [1.54, 1.807) is 0 Å². The van der Waals surface area contributed by atoms with Crippen molar-refractivity contribution in [2.75, 3.05) is 19.6 Å². The zero-order chi connectivity index (χ0) is 17.5. The van der Waals surface area contributed by atoms with Gasteiger partial charge in [0.15, 0.2) is 5.78 Å². The minimum absolute atomic E-state index is 0.159. The average molecular weight is 353 g/mol. The Balaban J connectivity index is 1.38. The van der Waals surface area contributed by atoms with Gasteiger partial charge in [-0.1, -0.05) is 72.4 Å². The number of hydrogen-bond acceptors (Lipinski definition) is 4. The highest BCUT2D eigenvalue weighted by Gasteiger charge is 2.25. The Morgan fingerprint density at radius 2 is 1.60 bits per heavy atom. The summed E-state index contributed by atoms with van der Waals surface area (Å²) in [5.74, 6) is 0.213. The van der Waals surface area contributed by atoms with Gasteiger partial charge in [-0.3, -0.25) is 9.59 Å². The third kappa shape index (κ3) is 5.28. The number of Topliss-reactive ketones (excluding diaryl/α,β-unsaturated/α-hetero) is 1. The van der Waals surface area contributed by atoms with Gasteiger partial charge in [-0.15, -0.1) is 0 Å². The Kier molecular flexibility index (Phi) is 6.42. The Morgan fingerprint density at radius 1 is 0.960 bits per heavy atom. The number of likely N-dealkylation sites (tertiary alicyclic amines) is 1. The largest absolute Gasteiger partial charge is 0.302 e. The van der Waals surface area contributed by atoms with Crippen LogP contribution in [0.15, 0.2) is 60.7 Å². The molecular weight excluding hydrogens is 330 g/mol. The van der Waals surface area contributed by atoms with Crippen LogP contribution in [-0.4, -0.2) is 40.7 Å². The molecule has 0 saturated carbocycles. The van der Waals surface area contributed by atoms with E-state index in [9.17, 15) is 9.59 Å². The molecule has 2 aromatic rings. The fourth-order valence-electron chi connectivity index (χ4n) is 3.12. The first kappa shape index (κ1) is 17.9. The van der Waals surface area contributed by atoms with E-state index >= 15 is 0 Å². The predicted molar refractivity (Wildman–Crippen MR) is 103 cm³/mol. The van der Waals surface area contributed by atoms with Gasteiger partial charge in [-0.05, 0) is 25.9 Å². The lowest BCUT2D eigenvalue weighted by molar-refractivity contribution is 0.0975. The van der Waals surface area contributed by atoms with Crippen molar-refractivity contribution >= 4 is 22.7 Å². The van der Waals surface area contributed by atoms with E-state index in [4.69, 9.17) is 0 Å². The normalized spacial score (nSPS) is 17.5. The summed E-state index contributed by atoms with van der Waals surface area (Å²) in [5, 5.41) is 0.518. The van der Waals surface area contributed by atoms with E-state index in [1.165, 1.54) is 11.8 Å². The van der Waals surface area contributed by atoms with Crippen molar-refractivity contribution in [1.82, 2.24) is 4.90 Å². The van der Waals surface area contributed by atoms with E-state index in [1.807, 2.05) is 60.7 Å². The lowest BCUT2D eigenvalue weighted by Crippen LogP contribution is -2.23. The fraction of sp³-hybridized carbons (Fsp3) is 0.333. The van der Waals surface area contributed by atoms with E-state index < -0.39 is 0 Å². The number of ketones is 1. The minimum atomic E-state index is 0.159.